The third-order valence-electron chi connectivity index (χ3n) is 3.77. The van der Waals surface area contributed by atoms with Crippen LogP contribution in [0.1, 0.15) is 5.56 Å². The fourth-order valence-corrected chi connectivity index (χ4v) is 2.64. The zero-order valence-electron chi connectivity index (χ0n) is 12.2. The van der Waals surface area contributed by atoms with Gasteiger partial charge in [-0.15, -0.1) is 0 Å². The summed E-state index contributed by atoms with van der Waals surface area (Å²) in [5.41, 5.74) is 5.08. The van der Waals surface area contributed by atoms with E-state index in [0.717, 1.165) is 0 Å². The van der Waals surface area contributed by atoms with Crippen molar-refractivity contribution < 1.29 is 4.57 Å². The number of rotatable bonds is 2. The first-order valence-corrected chi connectivity index (χ1v) is 6.84. The van der Waals surface area contributed by atoms with Gasteiger partial charge in [-0.25, -0.2) is 9.13 Å². The Bertz CT molecular complexity index is 720. The van der Waals surface area contributed by atoms with Crippen LogP contribution in [0.2, 0.25) is 0 Å². The van der Waals surface area contributed by atoms with Crippen molar-refractivity contribution in [2.75, 3.05) is 0 Å². The van der Waals surface area contributed by atoms with E-state index in [2.05, 4.69) is 91.1 Å². The maximum atomic E-state index is 2.28. The van der Waals surface area contributed by atoms with Crippen molar-refractivity contribution in [1.82, 2.24) is 4.57 Å². The van der Waals surface area contributed by atoms with Gasteiger partial charge in [0.15, 0.2) is 0 Å². The van der Waals surface area contributed by atoms with Gasteiger partial charge in [0.1, 0.15) is 12.4 Å². The molecule has 0 unspecified atom stereocenters. The van der Waals surface area contributed by atoms with E-state index in [9.17, 15) is 0 Å². The molecular weight excluding hydrogens is 244 g/mol. The van der Waals surface area contributed by atoms with E-state index in [1.807, 2.05) is 0 Å². The maximum Gasteiger partial charge on any atom is 0.288 e. The van der Waals surface area contributed by atoms with Gasteiger partial charge < -0.3 is 0 Å². The minimum atomic E-state index is 1.22. The zero-order valence-corrected chi connectivity index (χ0v) is 12.2. The minimum absolute atomic E-state index is 1.22. The van der Waals surface area contributed by atoms with Crippen molar-refractivity contribution in [2.45, 2.75) is 6.92 Å². The molecular formula is C18H19N2+. The Morgan fingerprint density at radius 2 is 1.70 bits per heavy atom. The Morgan fingerprint density at radius 3 is 2.35 bits per heavy atom. The molecule has 1 heterocycles. The first-order valence-electron chi connectivity index (χ1n) is 6.84. The lowest BCUT2D eigenvalue weighted by Crippen LogP contribution is -2.29. The van der Waals surface area contributed by atoms with Crippen LogP contribution in [-0.4, -0.2) is 4.57 Å². The van der Waals surface area contributed by atoms with E-state index in [1.165, 1.54) is 28.1 Å². The van der Waals surface area contributed by atoms with Gasteiger partial charge in [0.2, 0.25) is 0 Å². The molecule has 0 aliphatic heterocycles. The van der Waals surface area contributed by atoms with E-state index in [-0.39, 0.29) is 0 Å². The highest BCUT2D eigenvalue weighted by Gasteiger charge is 2.17. The van der Waals surface area contributed by atoms with Crippen LogP contribution in [-0.2, 0) is 14.1 Å². The number of aryl methyl sites for hydroxylation is 3. The highest BCUT2D eigenvalue weighted by Crippen LogP contribution is 2.27. The molecule has 0 saturated heterocycles. The number of hydrogen-bond acceptors (Lipinski definition) is 0. The van der Waals surface area contributed by atoms with Gasteiger partial charge in [0.05, 0.1) is 19.7 Å². The highest BCUT2D eigenvalue weighted by atomic mass is 15.1. The number of hydrogen-bond donors (Lipinski definition) is 0. The van der Waals surface area contributed by atoms with E-state index < -0.39 is 0 Å². The summed E-state index contributed by atoms with van der Waals surface area (Å²) in [5.74, 6) is 1.22. The molecule has 0 fully saturated rings. The zero-order chi connectivity index (χ0) is 14.1. The molecule has 2 aromatic carbocycles. The quantitative estimate of drug-likeness (QED) is 0.626. The first kappa shape index (κ1) is 12.7. The standard InChI is InChI=1S/C18H19N2/c1-14-9-10-16(15-7-5-4-6-8-15)13-17(14)18-19(2)11-12-20(18)3/h4-13H,1-3H3/q+1. The predicted molar refractivity (Wildman–Crippen MR) is 82.2 cm³/mol. The smallest absolute Gasteiger partial charge is 0.233 e. The van der Waals surface area contributed by atoms with Crippen molar-refractivity contribution in [3.63, 3.8) is 0 Å². The number of nitrogens with zero attached hydrogens (tertiary/aromatic N) is 2. The average molecular weight is 263 g/mol. The van der Waals surface area contributed by atoms with Crippen molar-refractivity contribution in [1.29, 1.82) is 0 Å². The van der Waals surface area contributed by atoms with Crippen LogP contribution in [0.25, 0.3) is 22.5 Å². The van der Waals surface area contributed by atoms with E-state index in [1.54, 1.807) is 0 Å². The van der Waals surface area contributed by atoms with Crippen molar-refractivity contribution >= 4 is 0 Å². The van der Waals surface area contributed by atoms with Gasteiger partial charge in [-0.2, -0.15) is 0 Å². The summed E-state index contributed by atoms with van der Waals surface area (Å²) in [7, 11) is 4.17. The van der Waals surface area contributed by atoms with Crippen LogP contribution in [0.15, 0.2) is 60.9 Å². The van der Waals surface area contributed by atoms with Crippen LogP contribution in [0.3, 0.4) is 0 Å². The lowest BCUT2D eigenvalue weighted by atomic mass is 9.99. The van der Waals surface area contributed by atoms with Gasteiger partial charge in [0.25, 0.3) is 5.82 Å². The number of aromatic nitrogens is 2. The van der Waals surface area contributed by atoms with E-state index in [0.29, 0.717) is 0 Å². The summed E-state index contributed by atoms with van der Waals surface area (Å²) in [4.78, 5) is 0. The second-order valence-corrected chi connectivity index (χ2v) is 5.24. The van der Waals surface area contributed by atoms with Crippen LogP contribution in [0.5, 0.6) is 0 Å². The monoisotopic (exact) mass is 263 g/mol. The first-order chi connectivity index (χ1) is 9.66. The fraction of sp³-hybridized carbons (Fsp3) is 0.167. The second-order valence-electron chi connectivity index (χ2n) is 5.24. The molecule has 2 heteroatoms. The van der Waals surface area contributed by atoms with Crippen LogP contribution >= 0.6 is 0 Å². The van der Waals surface area contributed by atoms with Crippen LogP contribution in [0, 0.1) is 6.92 Å². The molecule has 2 nitrogen and oxygen atoms in total. The van der Waals surface area contributed by atoms with Crippen LogP contribution in [0.4, 0.5) is 0 Å². The molecule has 3 aromatic rings. The van der Waals surface area contributed by atoms with Crippen molar-refractivity contribution in [2.24, 2.45) is 14.1 Å². The molecule has 20 heavy (non-hydrogen) atoms. The molecule has 0 aliphatic rings. The predicted octanol–water partition coefficient (Wildman–Crippen LogP) is 3.49. The van der Waals surface area contributed by atoms with Gasteiger partial charge in [-0.05, 0) is 29.7 Å². The third-order valence-corrected chi connectivity index (χ3v) is 3.77. The molecule has 0 bridgehead atoms. The summed E-state index contributed by atoms with van der Waals surface area (Å²) in [6.07, 6.45) is 4.17. The lowest BCUT2D eigenvalue weighted by molar-refractivity contribution is -0.659. The van der Waals surface area contributed by atoms with Gasteiger partial charge in [0, 0.05) is 0 Å². The summed E-state index contributed by atoms with van der Waals surface area (Å²) in [6, 6.07) is 17.2. The Balaban J connectivity index is 2.18. The van der Waals surface area contributed by atoms with Crippen molar-refractivity contribution in [3.05, 3.63) is 66.5 Å². The summed E-state index contributed by atoms with van der Waals surface area (Å²) >= 11 is 0. The van der Waals surface area contributed by atoms with E-state index in [4.69, 9.17) is 0 Å². The molecule has 0 N–H and O–H groups in total. The topological polar surface area (TPSA) is 8.81 Å². The van der Waals surface area contributed by atoms with Crippen LogP contribution < -0.4 is 4.57 Å². The SMILES string of the molecule is Cc1ccc(-c2ccccc2)cc1-c1n(C)cc[n+]1C. The molecule has 0 atom stereocenters. The van der Waals surface area contributed by atoms with Gasteiger partial charge in [-0.3, -0.25) is 0 Å². The van der Waals surface area contributed by atoms with Gasteiger partial charge in [-0.1, -0.05) is 42.5 Å². The molecule has 0 spiro atoms. The van der Waals surface area contributed by atoms with E-state index >= 15 is 0 Å². The number of benzene rings is 2. The summed E-state index contributed by atoms with van der Waals surface area (Å²) in [6.45, 7) is 2.16. The third kappa shape index (κ3) is 2.14. The van der Waals surface area contributed by atoms with Gasteiger partial charge >= 0.3 is 0 Å². The Hall–Kier alpha value is -2.35. The largest absolute Gasteiger partial charge is 0.288 e. The minimum Gasteiger partial charge on any atom is -0.233 e. The number of imidazole rings is 1. The maximum absolute atomic E-state index is 2.28. The fourth-order valence-electron chi connectivity index (χ4n) is 2.64. The summed E-state index contributed by atoms with van der Waals surface area (Å²) in [5, 5.41) is 0. The normalized spacial score (nSPS) is 10.8. The molecule has 0 radical (unpaired) electrons. The summed E-state index contributed by atoms with van der Waals surface area (Å²) < 4.78 is 4.33. The molecule has 0 aliphatic carbocycles. The second kappa shape index (κ2) is 4.97. The Kier molecular flexibility index (Phi) is 3.15. The highest BCUT2D eigenvalue weighted by molar-refractivity contribution is 5.71. The Labute approximate surface area is 119 Å². The average Bonchev–Trinajstić information content (AvgIpc) is 2.80. The lowest BCUT2D eigenvalue weighted by Gasteiger charge is -2.07. The molecule has 1 aromatic heterocycles. The van der Waals surface area contributed by atoms with Crippen molar-refractivity contribution in [3.8, 4) is 22.5 Å². The molecule has 0 saturated carbocycles. The molecule has 100 valence electrons. The molecule has 0 amide bonds. The Morgan fingerprint density at radius 1 is 0.950 bits per heavy atom. The molecule has 3 rings (SSSR count).